The molecule has 0 aliphatic heterocycles. The van der Waals surface area contributed by atoms with E-state index in [9.17, 15) is 4.79 Å². The van der Waals surface area contributed by atoms with Gasteiger partial charge < -0.3 is 10.1 Å². The summed E-state index contributed by atoms with van der Waals surface area (Å²) in [6, 6.07) is 11.8. The number of ether oxygens (including phenoxy) is 1. The number of hydrogen-bond donors (Lipinski definition) is 1. The summed E-state index contributed by atoms with van der Waals surface area (Å²) >= 11 is 0. The van der Waals surface area contributed by atoms with Gasteiger partial charge >= 0.3 is 0 Å². The Morgan fingerprint density at radius 1 is 0.955 bits per heavy atom. The molecule has 1 atom stereocenters. The van der Waals surface area contributed by atoms with Gasteiger partial charge in [0.2, 0.25) is 0 Å². The van der Waals surface area contributed by atoms with Crippen LogP contribution >= 0.6 is 0 Å². The lowest BCUT2D eigenvalue weighted by atomic mass is 10.1. The van der Waals surface area contributed by atoms with Crippen molar-refractivity contribution in [3.8, 4) is 5.75 Å². The van der Waals surface area contributed by atoms with Crippen LogP contribution < -0.4 is 10.1 Å². The van der Waals surface area contributed by atoms with Crippen LogP contribution in [0.15, 0.2) is 36.4 Å². The van der Waals surface area contributed by atoms with Gasteiger partial charge in [-0.15, -0.1) is 0 Å². The molecule has 22 heavy (non-hydrogen) atoms. The minimum absolute atomic E-state index is 0.147. The van der Waals surface area contributed by atoms with Crippen molar-refractivity contribution in [1.29, 1.82) is 0 Å². The first-order valence-electron chi connectivity index (χ1n) is 7.49. The molecule has 2 aromatic rings. The summed E-state index contributed by atoms with van der Waals surface area (Å²) in [6.45, 7) is 9.81. The third-order valence-electron chi connectivity index (χ3n) is 3.85. The maximum atomic E-state index is 12.3. The van der Waals surface area contributed by atoms with Gasteiger partial charge in [-0.1, -0.05) is 24.3 Å². The van der Waals surface area contributed by atoms with Crippen molar-refractivity contribution in [3.05, 3.63) is 58.7 Å². The molecule has 0 aromatic heterocycles. The van der Waals surface area contributed by atoms with E-state index in [0.717, 1.165) is 28.1 Å². The van der Waals surface area contributed by atoms with Crippen LogP contribution in [0.25, 0.3) is 0 Å². The summed E-state index contributed by atoms with van der Waals surface area (Å²) in [5.41, 5.74) is 5.22. The number of anilines is 1. The first-order valence-corrected chi connectivity index (χ1v) is 7.49. The first kappa shape index (κ1) is 16.1. The van der Waals surface area contributed by atoms with Crippen LogP contribution in [0.2, 0.25) is 0 Å². The molecule has 1 amide bonds. The Bertz CT molecular complexity index is 672. The number of nitrogens with one attached hydrogen (secondary N) is 1. The summed E-state index contributed by atoms with van der Waals surface area (Å²) in [6.07, 6.45) is -0.554. The van der Waals surface area contributed by atoms with Crippen molar-refractivity contribution in [2.45, 2.75) is 40.7 Å². The summed E-state index contributed by atoms with van der Waals surface area (Å²) in [7, 11) is 0. The van der Waals surface area contributed by atoms with E-state index in [1.165, 1.54) is 5.56 Å². The molecular formula is C19H23NO2. The molecule has 0 spiro atoms. The number of rotatable bonds is 4. The van der Waals surface area contributed by atoms with Crippen LogP contribution in [0.5, 0.6) is 5.75 Å². The smallest absolute Gasteiger partial charge is 0.265 e. The van der Waals surface area contributed by atoms with E-state index in [1.54, 1.807) is 6.92 Å². The van der Waals surface area contributed by atoms with Crippen LogP contribution in [0.4, 0.5) is 5.69 Å². The van der Waals surface area contributed by atoms with E-state index in [2.05, 4.69) is 5.32 Å². The van der Waals surface area contributed by atoms with Gasteiger partial charge in [0, 0.05) is 5.69 Å². The highest BCUT2D eigenvalue weighted by Crippen LogP contribution is 2.24. The van der Waals surface area contributed by atoms with E-state index in [0.29, 0.717) is 0 Å². The Morgan fingerprint density at radius 2 is 1.59 bits per heavy atom. The Balaban J connectivity index is 2.07. The molecule has 0 heterocycles. The topological polar surface area (TPSA) is 38.3 Å². The second-order valence-corrected chi connectivity index (χ2v) is 5.77. The molecular weight excluding hydrogens is 274 g/mol. The van der Waals surface area contributed by atoms with Crippen LogP contribution in [0, 0.1) is 27.7 Å². The Labute approximate surface area is 132 Å². The van der Waals surface area contributed by atoms with Crippen LogP contribution in [0.1, 0.15) is 29.2 Å². The van der Waals surface area contributed by atoms with Crippen molar-refractivity contribution >= 4 is 11.6 Å². The van der Waals surface area contributed by atoms with Crippen LogP contribution in [-0.4, -0.2) is 12.0 Å². The van der Waals surface area contributed by atoms with Crippen molar-refractivity contribution in [1.82, 2.24) is 0 Å². The Morgan fingerprint density at radius 3 is 2.18 bits per heavy atom. The number of para-hydroxylation sites is 1. The lowest BCUT2D eigenvalue weighted by Crippen LogP contribution is -2.30. The second kappa shape index (κ2) is 6.65. The maximum absolute atomic E-state index is 12.3. The fraction of sp³-hybridized carbons (Fsp3) is 0.316. The number of amides is 1. The summed E-state index contributed by atoms with van der Waals surface area (Å²) in [5.74, 6) is 0.635. The quantitative estimate of drug-likeness (QED) is 0.912. The van der Waals surface area contributed by atoms with Crippen molar-refractivity contribution in [2.24, 2.45) is 0 Å². The van der Waals surface area contributed by atoms with Crippen molar-refractivity contribution in [3.63, 3.8) is 0 Å². The fourth-order valence-electron chi connectivity index (χ4n) is 2.28. The lowest BCUT2D eigenvalue weighted by Gasteiger charge is -2.18. The van der Waals surface area contributed by atoms with Gasteiger partial charge in [0.15, 0.2) is 6.10 Å². The molecule has 2 aromatic carbocycles. The standard InChI is InChI=1S/C19H23NO2/c1-12-9-10-17(11-15(12)4)20-19(21)16(5)22-18-13(2)7-6-8-14(18)3/h6-11,16H,1-5H3,(H,20,21). The minimum Gasteiger partial charge on any atom is -0.480 e. The Hall–Kier alpha value is -2.29. The molecule has 0 aliphatic carbocycles. The molecule has 3 heteroatoms. The molecule has 116 valence electrons. The van der Waals surface area contributed by atoms with E-state index in [1.807, 2.05) is 64.1 Å². The molecule has 0 aliphatic rings. The highest BCUT2D eigenvalue weighted by atomic mass is 16.5. The van der Waals surface area contributed by atoms with Crippen molar-refractivity contribution < 1.29 is 9.53 Å². The van der Waals surface area contributed by atoms with E-state index in [-0.39, 0.29) is 5.91 Å². The third kappa shape index (κ3) is 3.67. The summed E-state index contributed by atoms with van der Waals surface area (Å²) in [5, 5.41) is 2.90. The number of carbonyl (C=O) groups is 1. The van der Waals surface area contributed by atoms with Crippen LogP contribution in [0.3, 0.4) is 0 Å². The molecule has 2 rings (SSSR count). The monoisotopic (exact) mass is 297 g/mol. The normalized spacial score (nSPS) is 11.9. The average molecular weight is 297 g/mol. The Kier molecular flexibility index (Phi) is 4.86. The number of benzene rings is 2. The minimum atomic E-state index is -0.554. The van der Waals surface area contributed by atoms with E-state index < -0.39 is 6.10 Å². The highest BCUT2D eigenvalue weighted by molar-refractivity contribution is 5.94. The van der Waals surface area contributed by atoms with Crippen LogP contribution in [-0.2, 0) is 4.79 Å². The molecule has 1 N–H and O–H groups in total. The molecule has 0 fully saturated rings. The zero-order valence-electron chi connectivity index (χ0n) is 13.9. The van der Waals surface area contributed by atoms with Gasteiger partial charge in [-0.05, 0) is 69.0 Å². The second-order valence-electron chi connectivity index (χ2n) is 5.77. The molecule has 1 unspecified atom stereocenters. The predicted octanol–water partition coefficient (Wildman–Crippen LogP) is 4.33. The number of carbonyl (C=O) groups excluding carboxylic acids is 1. The highest BCUT2D eigenvalue weighted by Gasteiger charge is 2.17. The SMILES string of the molecule is Cc1ccc(NC(=O)C(C)Oc2c(C)cccc2C)cc1C. The molecule has 0 saturated carbocycles. The maximum Gasteiger partial charge on any atom is 0.265 e. The zero-order chi connectivity index (χ0) is 16.3. The number of aryl methyl sites for hydroxylation is 4. The summed E-state index contributed by atoms with van der Waals surface area (Å²) < 4.78 is 5.85. The van der Waals surface area contributed by atoms with E-state index >= 15 is 0 Å². The third-order valence-corrected chi connectivity index (χ3v) is 3.85. The van der Waals surface area contributed by atoms with Gasteiger partial charge in [0.25, 0.3) is 5.91 Å². The van der Waals surface area contributed by atoms with Gasteiger partial charge in [0.1, 0.15) is 5.75 Å². The largest absolute Gasteiger partial charge is 0.480 e. The number of hydrogen-bond acceptors (Lipinski definition) is 2. The summed E-state index contributed by atoms with van der Waals surface area (Å²) in [4.78, 5) is 12.3. The molecule has 3 nitrogen and oxygen atoms in total. The first-order chi connectivity index (χ1) is 10.4. The predicted molar refractivity (Wildman–Crippen MR) is 90.6 cm³/mol. The van der Waals surface area contributed by atoms with Gasteiger partial charge in [-0.2, -0.15) is 0 Å². The van der Waals surface area contributed by atoms with Gasteiger partial charge in [0.05, 0.1) is 0 Å². The average Bonchev–Trinajstić information content (AvgIpc) is 2.46. The zero-order valence-corrected chi connectivity index (χ0v) is 13.9. The van der Waals surface area contributed by atoms with Crippen molar-refractivity contribution in [2.75, 3.05) is 5.32 Å². The molecule has 0 saturated heterocycles. The van der Waals surface area contributed by atoms with Gasteiger partial charge in [-0.25, -0.2) is 0 Å². The van der Waals surface area contributed by atoms with E-state index in [4.69, 9.17) is 4.74 Å². The van der Waals surface area contributed by atoms with Gasteiger partial charge in [-0.3, -0.25) is 4.79 Å². The molecule has 0 radical (unpaired) electrons. The molecule has 0 bridgehead atoms. The lowest BCUT2D eigenvalue weighted by molar-refractivity contribution is -0.122. The fourth-order valence-corrected chi connectivity index (χ4v) is 2.28.